The predicted octanol–water partition coefficient (Wildman–Crippen LogP) is 5.05. The maximum absolute atomic E-state index is 13.0. The van der Waals surface area contributed by atoms with Gasteiger partial charge in [-0.25, -0.2) is 4.39 Å². The molecule has 144 valence electrons. The second-order valence-electron chi connectivity index (χ2n) is 6.99. The van der Waals surface area contributed by atoms with Crippen LogP contribution in [0.5, 0.6) is 0 Å². The largest absolute Gasteiger partial charge is 0.383 e. The zero-order chi connectivity index (χ0) is 20.1. The summed E-state index contributed by atoms with van der Waals surface area (Å²) in [4.78, 5) is 16.8. The van der Waals surface area contributed by atoms with E-state index in [1.165, 1.54) is 17.7 Å². The summed E-state index contributed by atoms with van der Waals surface area (Å²) < 4.78 is 13.0. The van der Waals surface area contributed by atoms with Gasteiger partial charge >= 0.3 is 0 Å². The molecule has 2 aromatic carbocycles. The summed E-state index contributed by atoms with van der Waals surface area (Å²) in [5.74, 6) is -0.427. The van der Waals surface area contributed by atoms with Gasteiger partial charge in [0.15, 0.2) is 0 Å². The molecule has 0 bridgehead atoms. The summed E-state index contributed by atoms with van der Waals surface area (Å²) >= 11 is 0. The lowest BCUT2D eigenvalue weighted by Gasteiger charge is -2.13. The molecule has 2 N–H and O–H groups in total. The lowest BCUT2D eigenvalue weighted by atomic mass is 10.0. The molecule has 5 heteroatoms. The van der Waals surface area contributed by atoms with Crippen molar-refractivity contribution in [2.24, 2.45) is 0 Å². The number of carbonyl (C=O) groups is 1. The van der Waals surface area contributed by atoms with E-state index in [-0.39, 0.29) is 11.7 Å². The molecule has 28 heavy (non-hydrogen) atoms. The highest BCUT2D eigenvalue weighted by Crippen LogP contribution is 2.23. The Balaban J connectivity index is 1.64. The molecular weight excluding hydrogens is 353 g/mol. The van der Waals surface area contributed by atoms with Crippen LogP contribution in [0.2, 0.25) is 0 Å². The fourth-order valence-electron chi connectivity index (χ4n) is 3.23. The van der Waals surface area contributed by atoms with E-state index in [0.29, 0.717) is 12.1 Å². The molecule has 0 radical (unpaired) electrons. The molecule has 1 heterocycles. The Kier molecular flexibility index (Phi) is 6.04. The Hall–Kier alpha value is -3.21. The Bertz CT molecular complexity index is 960. The highest BCUT2D eigenvalue weighted by molar-refractivity contribution is 6.05. The summed E-state index contributed by atoms with van der Waals surface area (Å²) in [6.07, 6.45) is 3.99. The number of amides is 1. The highest BCUT2D eigenvalue weighted by atomic mass is 19.1. The average molecular weight is 377 g/mol. The van der Waals surface area contributed by atoms with Crippen LogP contribution in [0.1, 0.15) is 32.6 Å². The van der Waals surface area contributed by atoms with Crippen molar-refractivity contribution < 1.29 is 9.18 Å². The maximum Gasteiger partial charge on any atom is 0.257 e. The minimum Gasteiger partial charge on any atom is -0.383 e. The number of pyridine rings is 1. The van der Waals surface area contributed by atoms with E-state index in [4.69, 9.17) is 0 Å². The molecular formula is C23H24FN3O. The van der Waals surface area contributed by atoms with Gasteiger partial charge in [0.1, 0.15) is 5.82 Å². The van der Waals surface area contributed by atoms with Crippen LogP contribution in [0.25, 0.3) is 0 Å². The summed E-state index contributed by atoms with van der Waals surface area (Å²) in [7, 11) is 0. The number of hydrogen-bond acceptors (Lipinski definition) is 3. The minimum absolute atomic E-state index is 0.190. The van der Waals surface area contributed by atoms with E-state index in [1.54, 1.807) is 30.6 Å². The van der Waals surface area contributed by atoms with Crippen LogP contribution in [-0.2, 0) is 6.42 Å². The molecule has 0 atom stereocenters. The van der Waals surface area contributed by atoms with Crippen molar-refractivity contribution in [2.75, 3.05) is 17.2 Å². The highest BCUT2D eigenvalue weighted by Gasteiger charge is 2.11. The van der Waals surface area contributed by atoms with Crippen LogP contribution in [-0.4, -0.2) is 17.4 Å². The summed E-state index contributed by atoms with van der Waals surface area (Å²) in [5.41, 5.74) is 6.38. The van der Waals surface area contributed by atoms with Crippen LogP contribution in [0.3, 0.4) is 0 Å². The number of halogens is 1. The van der Waals surface area contributed by atoms with Crippen LogP contribution < -0.4 is 10.6 Å². The number of nitrogens with zero attached hydrogens (tertiary/aromatic N) is 1. The predicted molar refractivity (Wildman–Crippen MR) is 111 cm³/mol. The molecule has 3 aromatic rings. The molecule has 0 spiro atoms. The SMILES string of the molecule is Cc1cc(C)c(NC(=O)c2cncc(NCCc3ccc(F)cc3)c2)c(C)c1. The monoisotopic (exact) mass is 377 g/mol. The molecule has 0 unspecified atom stereocenters. The summed E-state index contributed by atoms with van der Waals surface area (Å²) in [6.45, 7) is 6.67. The number of anilines is 2. The number of carbonyl (C=O) groups excluding carboxylic acids is 1. The van der Waals surface area contributed by atoms with E-state index in [2.05, 4.69) is 15.6 Å². The molecule has 1 aromatic heterocycles. The van der Waals surface area contributed by atoms with Crippen molar-refractivity contribution in [3.63, 3.8) is 0 Å². The van der Waals surface area contributed by atoms with Gasteiger partial charge in [0, 0.05) is 24.6 Å². The minimum atomic E-state index is -0.237. The van der Waals surface area contributed by atoms with Crippen LogP contribution in [0, 0.1) is 26.6 Å². The number of rotatable bonds is 6. The molecule has 3 rings (SSSR count). The van der Waals surface area contributed by atoms with E-state index in [0.717, 1.165) is 34.5 Å². The molecule has 0 aliphatic rings. The fourth-order valence-corrected chi connectivity index (χ4v) is 3.23. The van der Waals surface area contributed by atoms with E-state index < -0.39 is 0 Å². The fraction of sp³-hybridized carbons (Fsp3) is 0.217. The van der Waals surface area contributed by atoms with Gasteiger partial charge in [-0.05, 0) is 62.1 Å². The molecule has 0 aliphatic carbocycles. The Labute approximate surface area is 164 Å². The maximum atomic E-state index is 13.0. The van der Waals surface area contributed by atoms with Gasteiger partial charge in [-0.15, -0.1) is 0 Å². The first-order chi connectivity index (χ1) is 13.4. The van der Waals surface area contributed by atoms with Gasteiger partial charge in [0.2, 0.25) is 0 Å². The first kappa shape index (κ1) is 19.5. The third kappa shape index (κ3) is 4.94. The summed E-state index contributed by atoms with van der Waals surface area (Å²) in [5, 5.41) is 6.26. The average Bonchev–Trinajstić information content (AvgIpc) is 2.66. The van der Waals surface area contributed by atoms with Crippen molar-refractivity contribution in [3.05, 3.63) is 88.5 Å². The van der Waals surface area contributed by atoms with Crippen molar-refractivity contribution in [1.29, 1.82) is 0 Å². The number of hydrogen-bond donors (Lipinski definition) is 2. The molecule has 0 saturated heterocycles. The molecule has 4 nitrogen and oxygen atoms in total. The normalized spacial score (nSPS) is 10.6. The third-order valence-electron chi connectivity index (χ3n) is 4.57. The second kappa shape index (κ2) is 8.65. The molecule has 1 amide bonds. The zero-order valence-corrected chi connectivity index (χ0v) is 16.3. The van der Waals surface area contributed by atoms with Gasteiger partial charge in [0.05, 0.1) is 11.3 Å². The summed E-state index contributed by atoms with van der Waals surface area (Å²) in [6, 6.07) is 12.3. The Morgan fingerprint density at radius 1 is 1.00 bits per heavy atom. The lowest BCUT2D eigenvalue weighted by Crippen LogP contribution is -2.15. The quantitative estimate of drug-likeness (QED) is 0.632. The standard InChI is InChI=1S/C23H24FN3O/c1-15-10-16(2)22(17(3)11-15)27-23(28)19-12-21(14-25-13-19)26-9-8-18-4-6-20(24)7-5-18/h4-7,10-14,26H,8-9H2,1-3H3,(H,27,28). The molecule has 0 saturated carbocycles. The zero-order valence-electron chi connectivity index (χ0n) is 16.3. The first-order valence-electron chi connectivity index (χ1n) is 9.25. The topological polar surface area (TPSA) is 54.0 Å². The van der Waals surface area contributed by atoms with E-state index >= 15 is 0 Å². The van der Waals surface area contributed by atoms with Gasteiger partial charge < -0.3 is 10.6 Å². The van der Waals surface area contributed by atoms with Crippen LogP contribution in [0.15, 0.2) is 54.9 Å². The third-order valence-corrected chi connectivity index (χ3v) is 4.57. The van der Waals surface area contributed by atoms with Gasteiger partial charge in [0.25, 0.3) is 5.91 Å². The van der Waals surface area contributed by atoms with Crippen molar-refractivity contribution in [3.8, 4) is 0 Å². The number of aryl methyl sites for hydroxylation is 3. The Morgan fingerprint density at radius 2 is 1.68 bits per heavy atom. The van der Waals surface area contributed by atoms with Crippen molar-refractivity contribution >= 4 is 17.3 Å². The number of aromatic nitrogens is 1. The van der Waals surface area contributed by atoms with Crippen LogP contribution >= 0.6 is 0 Å². The van der Waals surface area contributed by atoms with Crippen LogP contribution in [0.4, 0.5) is 15.8 Å². The van der Waals surface area contributed by atoms with Gasteiger partial charge in [-0.1, -0.05) is 29.8 Å². The van der Waals surface area contributed by atoms with Crippen molar-refractivity contribution in [2.45, 2.75) is 27.2 Å². The number of benzene rings is 2. The second-order valence-corrected chi connectivity index (χ2v) is 6.99. The molecule has 0 aliphatic heterocycles. The van der Waals surface area contributed by atoms with E-state index in [9.17, 15) is 9.18 Å². The number of nitrogens with one attached hydrogen (secondary N) is 2. The lowest BCUT2D eigenvalue weighted by molar-refractivity contribution is 0.102. The first-order valence-corrected chi connectivity index (χ1v) is 9.25. The Morgan fingerprint density at radius 3 is 2.36 bits per heavy atom. The van der Waals surface area contributed by atoms with E-state index in [1.807, 2.05) is 32.9 Å². The van der Waals surface area contributed by atoms with Crippen molar-refractivity contribution in [1.82, 2.24) is 4.98 Å². The van der Waals surface area contributed by atoms with Gasteiger partial charge in [-0.3, -0.25) is 9.78 Å². The molecule has 0 fully saturated rings. The van der Waals surface area contributed by atoms with Gasteiger partial charge in [-0.2, -0.15) is 0 Å². The smallest absolute Gasteiger partial charge is 0.257 e.